The SMILES string of the molecule is C=C(OC/C=C(\C)CC/C=C(\C)CC/C=C(\C)CCC=C(C)C)C1CCCCC1. The maximum Gasteiger partial charge on any atom is 0.106 e. The van der Waals surface area contributed by atoms with Crippen molar-refractivity contribution in [1.29, 1.82) is 0 Å². The normalized spacial score (nSPS) is 16.7. The lowest BCUT2D eigenvalue weighted by Gasteiger charge is -2.23. The fourth-order valence-corrected chi connectivity index (χ4v) is 3.82. The van der Waals surface area contributed by atoms with Crippen LogP contribution in [0.5, 0.6) is 0 Å². The molecule has 1 nitrogen and oxygen atoms in total. The zero-order chi connectivity index (χ0) is 21.5. The third-order valence-electron chi connectivity index (χ3n) is 5.92. The fourth-order valence-electron chi connectivity index (χ4n) is 3.82. The maximum absolute atomic E-state index is 5.90. The van der Waals surface area contributed by atoms with Crippen molar-refractivity contribution in [2.45, 2.75) is 105 Å². The first-order valence-electron chi connectivity index (χ1n) is 11.8. The number of hydrogen-bond donors (Lipinski definition) is 0. The van der Waals surface area contributed by atoms with Crippen LogP contribution in [-0.4, -0.2) is 6.61 Å². The number of rotatable bonds is 13. The molecule has 0 unspecified atom stereocenters. The van der Waals surface area contributed by atoms with Crippen LogP contribution in [0.25, 0.3) is 0 Å². The Morgan fingerprint density at radius 2 is 1.21 bits per heavy atom. The molecule has 0 aromatic heterocycles. The molecule has 0 atom stereocenters. The van der Waals surface area contributed by atoms with Crippen LogP contribution < -0.4 is 0 Å². The summed E-state index contributed by atoms with van der Waals surface area (Å²) in [5.41, 5.74) is 5.86. The van der Waals surface area contributed by atoms with Crippen molar-refractivity contribution in [3.63, 3.8) is 0 Å². The van der Waals surface area contributed by atoms with Crippen LogP contribution >= 0.6 is 0 Å². The van der Waals surface area contributed by atoms with Crippen LogP contribution in [0.1, 0.15) is 105 Å². The molecule has 1 fully saturated rings. The van der Waals surface area contributed by atoms with Gasteiger partial charge >= 0.3 is 0 Å². The Labute approximate surface area is 181 Å². The third-order valence-corrected chi connectivity index (χ3v) is 5.92. The molecule has 0 aromatic rings. The summed E-state index contributed by atoms with van der Waals surface area (Å²) >= 11 is 0. The van der Waals surface area contributed by atoms with E-state index in [4.69, 9.17) is 4.74 Å². The molecule has 29 heavy (non-hydrogen) atoms. The minimum atomic E-state index is 0.591. The van der Waals surface area contributed by atoms with Gasteiger partial charge in [-0.2, -0.15) is 0 Å². The molecule has 0 bridgehead atoms. The molecular weight excluding hydrogens is 352 g/mol. The van der Waals surface area contributed by atoms with Crippen molar-refractivity contribution in [2.24, 2.45) is 5.92 Å². The highest BCUT2D eigenvalue weighted by molar-refractivity contribution is 5.07. The first kappa shape index (κ1) is 25.5. The lowest BCUT2D eigenvalue weighted by Crippen LogP contribution is -2.10. The van der Waals surface area contributed by atoms with Gasteiger partial charge in [0.25, 0.3) is 0 Å². The molecule has 0 radical (unpaired) electrons. The van der Waals surface area contributed by atoms with Crippen LogP contribution in [0.4, 0.5) is 0 Å². The Hall–Kier alpha value is -1.50. The van der Waals surface area contributed by atoms with Gasteiger partial charge in [-0.3, -0.25) is 0 Å². The highest BCUT2D eigenvalue weighted by atomic mass is 16.5. The molecule has 1 saturated carbocycles. The van der Waals surface area contributed by atoms with E-state index in [1.165, 1.54) is 73.7 Å². The smallest absolute Gasteiger partial charge is 0.106 e. The number of hydrogen-bond acceptors (Lipinski definition) is 1. The van der Waals surface area contributed by atoms with E-state index < -0.39 is 0 Å². The first-order valence-corrected chi connectivity index (χ1v) is 11.8. The van der Waals surface area contributed by atoms with Gasteiger partial charge in [-0.15, -0.1) is 0 Å². The quantitative estimate of drug-likeness (QED) is 0.222. The molecule has 0 spiro atoms. The van der Waals surface area contributed by atoms with Crippen molar-refractivity contribution in [3.05, 3.63) is 58.9 Å². The molecule has 1 rings (SSSR count). The largest absolute Gasteiger partial charge is 0.494 e. The summed E-state index contributed by atoms with van der Waals surface area (Å²) in [7, 11) is 0. The molecule has 0 saturated heterocycles. The van der Waals surface area contributed by atoms with Gasteiger partial charge in [0.2, 0.25) is 0 Å². The van der Waals surface area contributed by atoms with Gasteiger partial charge in [0.05, 0.1) is 5.76 Å². The van der Waals surface area contributed by atoms with Crippen molar-refractivity contribution in [2.75, 3.05) is 6.61 Å². The lowest BCUT2D eigenvalue weighted by molar-refractivity contribution is 0.186. The predicted octanol–water partition coefficient (Wildman–Crippen LogP) is 9.24. The summed E-state index contributed by atoms with van der Waals surface area (Å²) in [5, 5.41) is 0. The van der Waals surface area contributed by atoms with Crippen molar-refractivity contribution in [1.82, 2.24) is 0 Å². The minimum absolute atomic E-state index is 0.591. The number of allylic oxidation sites excluding steroid dienone is 8. The fraction of sp³-hybridized carbons (Fsp3) is 0.643. The summed E-state index contributed by atoms with van der Waals surface area (Å²) in [6.07, 6.45) is 22.9. The van der Waals surface area contributed by atoms with Gasteiger partial charge in [0, 0.05) is 5.92 Å². The van der Waals surface area contributed by atoms with Gasteiger partial charge in [0.1, 0.15) is 6.61 Å². The van der Waals surface area contributed by atoms with Gasteiger partial charge < -0.3 is 4.74 Å². The predicted molar refractivity (Wildman–Crippen MR) is 130 cm³/mol. The summed E-state index contributed by atoms with van der Waals surface area (Å²) in [5.74, 6) is 1.60. The molecule has 0 amide bonds. The second-order valence-electron chi connectivity index (χ2n) is 9.16. The monoisotopic (exact) mass is 398 g/mol. The lowest BCUT2D eigenvalue weighted by atomic mass is 9.88. The number of ether oxygens (including phenoxy) is 1. The highest BCUT2D eigenvalue weighted by Crippen LogP contribution is 2.29. The Kier molecular flexibility index (Phi) is 13.5. The Morgan fingerprint density at radius 1 is 0.724 bits per heavy atom. The van der Waals surface area contributed by atoms with Crippen molar-refractivity contribution < 1.29 is 4.74 Å². The van der Waals surface area contributed by atoms with Gasteiger partial charge in [-0.05, 0) is 92.1 Å². The van der Waals surface area contributed by atoms with E-state index in [-0.39, 0.29) is 0 Å². The molecular formula is C28H46O. The molecule has 1 heteroatoms. The van der Waals surface area contributed by atoms with Crippen LogP contribution in [0, 0.1) is 5.92 Å². The summed E-state index contributed by atoms with van der Waals surface area (Å²) in [6, 6.07) is 0. The maximum atomic E-state index is 5.90. The molecule has 164 valence electrons. The summed E-state index contributed by atoms with van der Waals surface area (Å²) in [4.78, 5) is 0. The van der Waals surface area contributed by atoms with Crippen molar-refractivity contribution in [3.8, 4) is 0 Å². The Balaban J connectivity index is 2.19. The average molecular weight is 399 g/mol. The topological polar surface area (TPSA) is 9.23 Å². The highest BCUT2D eigenvalue weighted by Gasteiger charge is 2.17. The molecule has 0 N–H and O–H groups in total. The molecule has 0 aromatic carbocycles. The van der Waals surface area contributed by atoms with Gasteiger partial charge in [-0.25, -0.2) is 0 Å². The molecule has 0 heterocycles. The minimum Gasteiger partial charge on any atom is -0.494 e. The van der Waals surface area contributed by atoms with E-state index in [1.54, 1.807) is 0 Å². The molecule has 0 aliphatic heterocycles. The standard InChI is InChI=1S/C28H46O/c1-23(2)13-10-14-24(3)15-11-16-25(4)17-12-18-26(5)21-22-29-27(6)28-19-8-7-9-20-28/h13,15,17,21,28H,6-12,14,16,18-20,22H2,1-5H3/b24-15+,25-17+,26-21+. The van der Waals surface area contributed by atoms with E-state index in [2.05, 4.69) is 65.5 Å². The van der Waals surface area contributed by atoms with E-state index in [9.17, 15) is 0 Å². The van der Waals surface area contributed by atoms with Crippen molar-refractivity contribution >= 4 is 0 Å². The van der Waals surface area contributed by atoms with Crippen LogP contribution in [0.15, 0.2) is 58.9 Å². The van der Waals surface area contributed by atoms with E-state index >= 15 is 0 Å². The van der Waals surface area contributed by atoms with Gasteiger partial charge in [0.15, 0.2) is 0 Å². The third kappa shape index (κ3) is 13.4. The van der Waals surface area contributed by atoms with Crippen LogP contribution in [-0.2, 0) is 4.74 Å². The van der Waals surface area contributed by atoms with Crippen LogP contribution in [0.3, 0.4) is 0 Å². The van der Waals surface area contributed by atoms with E-state index in [0.717, 1.165) is 25.0 Å². The van der Waals surface area contributed by atoms with Crippen LogP contribution in [0.2, 0.25) is 0 Å². The summed E-state index contributed by atoms with van der Waals surface area (Å²) < 4.78 is 5.90. The van der Waals surface area contributed by atoms with Gasteiger partial charge in [-0.1, -0.05) is 66.4 Å². The van der Waals surface area contributed by atoms with E-state index in [1.807, 2.05) is 0 Å². The Morgan fingerprint density at radius 3 is 1.72 bits per heavy atom. The van der Waals surface area contributed by atoms with E-state index in [0.29, 0.717) is 12.5 Å². The second kappa shape index (κ2) is 15.4. The average Bonchev–Trinajstić information content (AvgIpc) is 2.68. The zero-order valence-corrected chi connectivity index (χ0v) is 20.0. The molecule has 1 aliphatic carbocycles. The zero-order valence-electron chi connectivity index (χ0n) is 20.0. The Bertz CT molecular complexity index is 590. The second-order valence-corrected chi connectivity index (χ2v) is 9.16. The summed E-state index contributed by atoms with van der Waals surface area (Å²) in [6.45, 7) is 15.9. The first-order chi connectivity index (χ1) is 13.9. The molecule has 1 aliphatic rings.